The summed E-state index contributed by atoms with van der Waals surface area (Å²) in [5.74, 6) is 0.186. The Labute approximate surface area is 125 Å². The quantitative estimate of drug-likeness (QED) is 0.753. The first kappa shape index (κ1) is 14.7. The molecule has 108 valence electrons. The highest BCUT2D eigenvalue weighted by atomic mass is 35.5. The van der Waals surface area contributed by atoms with Gasteiger partial charge in [0.2, 0.25) is 0 Å². The summed E-state index contributed by atoms with van der Waals surface area (Å²) in [6, 6.07) is 6.63. The number of rotatable bonds is 3. The van der Waals surface area contributed by atoms with E-state index in [0.717, 1.165) is 0 Å². The van der Waals surface area contributed by atoms with E-state index in [0.29, 0.717) is 10.6 Å². The van der Waals surface area contributed by atoms with Crippen molar-refractivity contribution >= 4 is 35.0 Å². The first-order valence-electron chi connectivity index (χ1n) is 5.83. The van der Waals surface area contributed by atoms with Crippen LogP contribution in [0.15, 0.2) is 30.6 Å². The minimum Gasteiger partial charge on any atom is -0.453 e. The van der Waals surface area contributed by atoms with Crippen LogP contribution in [0.5, 0.6) is 0 Å². The van der Waals surface area contributed by atoms with Gasteiger partial charge in [-0.3, -0.25) is 10.7 Å². The molecule has 0 aliphatic carbocycles. The van der Waals surface area contributed by atoms with Crippen molar-refractivity contribution in [1.82, 2.24) is 9.97 Å². The van der Waals surface area contributed by atoms with Gasteiger partial charge in [-0.1, -0.05) is 23.7 Å². The number of carbonyl (C=O) groups is 1. The summed E-state index contributed by atoms with van der Waals surface area (Å²) in [6.45, 7) is 0. The molecule has 2 rings (SSSR count). The van der Waals surface area contributed by atoms with Crippen LogP contribution >= 0.6 is 11.6 Å². The number of aromatic nitrogens is 2. The van der Waals surface area contributed by atoms with Crippen LogP contribution < -0.4 is 11.1 Å². The number of nitrogen functional groups attached to an aromatic ring is 1. The first-order valence-corrected chi connectivity index (χ1v) is 6.21. The number of anilines is 2. The number of nitrogens with zero attached hydrogens (tertiary/aromatic N) is 2. The average molecular weight is 306 g/mol. The van der Waals surface area contributed by atoms with Crippen LogP contribution in [0.4, 0.5) is 16.4 Å². The molecule has 8 heteroatoms. The van der Waals surface area contributed by atoms with E-state index in [2.05, 4.69) is 20.0 Å². The van der Waals surface area contributed by atoms with Crippen molar-refractivity contribution < 1.29 is 9.53 Å². The maximum Gasteiger partial charge on any atom is 0.412 e. The molecular formula is C13H12ClN5O2. The number of carbonyl (C=O) groups excluding carboxylic acids is 1. The Kier molecular flexibility index (Phi) is 4.34. The molecule has 7 nitrogen and oxygen atoms in total. The minimum atomic E-state index is -0.710. The molecule has 0 saturated carbocycles. The molecule has 0 spiro atoms. The number of nitrogens with two attached hydrogens (primary N) is 1. The Morgan fingerprint density at radius 1 is 1.33 bits per heavy atom. The Morgan fingerprint density at radius 3 is 2.62 bits per heavy atom. The van der Waals surface area contributed by atoms with Crippen LogP contribution in [0.25, 0.3) is 0 Å². The molecule has 1 amide bonds. The molecular weight excluding hydrogens is 294 g/mol. The third kappa shape index (κ3) is 3.26. The maximum absolute atomic E-state index is 11.3. The van der Waals surface area contributed by atoms with E-state index < -0.39 is 6.09 Å². The topological polar surface area (TPSA) is 114 Å². The van der Waals surface area contributed by atoms with Crippen LogP contribution in [0, 0.1) is 5.41 Å². The van der Waals surface area contributed by atoms with E-state index in [1.165, 1.54) is 13.4 Å². The van der Waals surface area contributed by atoms with Crippen molar-refractivity contribution in [2.75, 3.05) is 18.2 Å². The van der Waals surface area contributed by atoms with Crippen LogP contribution in [0.2, 0.25) is 5.02 Å². The molecule has 0 atom stereocenters. The smallest absolute Gasteiger partial charge is 0.412 e. The summed E-state index contributed by atoms with van der Waals surface area (Å²) >= 11 is 5.82. The van der Waals surface area contributed by atoms with Gasteiger partial charge in [0.1, 0.15) is 18.0 Å². The fourth-order valence-electron chi connectivity index (χ4n) is 1.65. The van der Waals surface area contributed by atoms with Crippen molar-refractivity contribution in [3.05, 3.63) is 46.7 Å². The monoisotopic (exact) mass is 305 g/mol. The zero-order valence-electron chi connectivity index (χ0n) is 11.1. The van der Waals surface area contributed by atoms with E-state index in [9.17, 15) is 4.79 Å². The number of nitrogens with one attached hydrogen (secondary N) is 2. The molecule has 0 saturated heterocycles. The summed E-state index contributed by atoms with van der Waals surface area (Å²) < 4.78 is 4.51. The number of halogens is 1. The lowest BCUT2D eigenvalue weighted by atomic mass is 10.0. The fourth-order valence-corrected chi connectivity index (χ4v) is 1.78. The van der Waals surface area contributed by atoms with E-state index in [1.54, 1.807) is 24.3 Å². The van der Waals surface area contributed by atoms with E-state index >= 15 is 0 Å². The molecule has 1 aromatic heterocycles. The summed E-state index contributed by atoms with van der Waals surface area (Å²) in [7, 11) is 1.23. The fraction of sp³-hybridized carbons (Fsp3) is 0.0769. The van der Waals surface area contributed by atoms with Gasteiger partial charge in [0.05, 0.1) is 18.4 Å². The van der Waals surface area contributed by atoms with Crippen molar-refractivity contribution in [3.8, 4) is 0 Å². The van der Waals surface area contributed by atoms with Crippen molar-refractivity contribution in [2.24, 2.45) is 0 Å². The van der Waals surface area contributed by atoms with Gasteiger partial charge in [0.25, 0.3) is 0 Å². The molecule has 0 fully saturated rings. The Morgan fingerprint density at radius 2 is 2.00 bits per heavy atom. The SMILES string of the molecule is COC(=O)Nc1ncnc(N)c1C(=N)c1ccc(Cl)cc1. The number of hydrogen-bond acceptors (Lipinski definition) is 6. The van der Waals surface area contributed by atoms with Crippen LogP contribution in [-0.2, 0) is 4.74 Å². The predicted molar refractivity (Wildman–Crippen MR) is 79.9 cm³/mol. The summed E-state index contributed by atoms with van der Waals surface area (Å²) in [6.07, 6.45) is 0.484. The number of methoxy groups -OCH3 is 1. The van der Waals surface area contributed by atoms with E-state index in [4.69, 9.17) is 22.7 Å². The van der Waals surface area contributed by atoms with Gasteiger partial charge >= 0.3 is 6.09 Å². The normalized spacial score (nSPS) is 10.0. The van der Waals surface area contributed by atoms with Crippen molar-refractivity contribution in [3.63, 3.8) is 0 Å². The Balaban J connectivity index is 2.44. The lowest BCUT2D eigenvalue weighted by molar-refractivity contribution is 0.187. The van der Waals surface area contributed by atoms with E-state index in [-0.39, 0.29) is 22.9 Å². The Bertz CT molecular complexity index is 687. The molecule has 0 aliphatic rings. The van der Waals surface area contributed by atoms with Gasteiger partial charge in [-0.05, 0) is 12.1 Å². The number of benzene rings is 1. The molecule has 4 N–H and O–H groups in total. The number of ether oxygens (including phenoxy) is 1. The van der Waals surface area contributed by atoms with Gasteiger partial charge in [-0.15, -0.1) is 0 Å². The summed E-state index contributed by atoms with van der Waals surface area (Å²) in [5, 5.41) is 11.2. The van der Waals surface area contributed by atoms with Crippen molar-refractivity contribution in [2.45, 2.75) is 0 Å². The van der Waals surface area contributed by atoms with Gasteiger partial charge < -0.3 is 10.5 Å². The van der Waals surface area contributed by atoms with Gasteiger partial charge in [0, 0.05) is 10.6 Å². The molecule has 21 heavy (non-hydrogen) atoms. The zero-order chi connectivity index (χ0) is 15.4. The highest BCUT2D eigenvalue weighted by Gasteiger charge is 2.17. The second-order valence-electron chi connectivity index (χ2n) is 3.98. The zero-order valence-corrected chi connectivity index (χ0v) is 11.8. The molecule has 0 radical (unpaired) electrons. The standard InChI is InChI=1S/C13H12ClN5O2/c1-21-13(20)19-12-9(11(16)17-6-18-12)10(15)7-2-4-8(14)5-3-7/h2-6,15H,1H3,(H3,16,17,18,19,20). The molecule has 1 aromatic carbocycles. The third-order valence-electron chi connectivity index (χ3n) is 2.67. The van der Waals surface area contributed by atoms with Gasteiger partial charge in [-0.25, -0.2) is 14.8 Å². The molecule has 0 aliphatic heterocycles. The predicted octanol–water partition coefficient (Wildman–Crippen LogP) is 2.31. The van der Waals surface area contributed by atoms with E-state index in [1.807, 2.05) is 0 Å². The second-order valence-corrected chi connectivity index (χ2v) is 4.42. The summed E-state index contributed by atoms with van der Waals surface area (Å²) in [5.41, 5.74) is 6.64. The molecule has 2 aromatic rings. The lowest BCUT2D eigenvalue weighted by Gasteiger charge is -2.12. The molecule has 0 bridgehead atoms. The largest absolute Gasteiger partial charge is 0.453 e. The number of hydrogen-bond donors (Lipinski definition) is 3. The third-order valence-corrected chi connectivity index (χ3v) is 2.92. The van der Waals surface area contributed by atoms with Crippen molar-refractivity contribution in [1.29, 1.82) is 5.41 Å². The maximum atomic E-state index is 11.3. The van der Waals surface area contributed by atoms with Gasteiger partial charge in [0.15, 0.2) is 0 Å². The minimum absolute atomic E-state index is 0.0659. The molecule has 0 unspecified atom stereocenters. The highest BCUT2D eigenvalue weighted by Crippen LogP contribution is 2.22. The first-order chi connectivity index (χ1) is 10.0. The Hall–Kier alpha value is -2.67. The highest BCUT2D eigenvalue weighted by molar-refractivity contribution is 6.30. The average Bonchev–Trinajstić information content (AvgIpc) is 2.47. The van der Waals surface area contributed by atoms with Crippen LogP contribution in [-0.4, -0.2) is 28.9 Å². The molecule has 1 heterocycles. The van der Waals surface area contributed by atoms with Gasteiger partial charge in [-0.2, -0.15) is 0 Å². The second kappa shape index (κ2) is 6.19. The van der Waals surface area contributed by atoms with Crippen LogP contribution in [0.3, 0.4) is 0 Å². The van der Waals surface area contributed by atoms with Crippen LogP contribution in [0.1, 0.15) is 11.1 Å². The summed E-state index contributed by atoms with van der Waals surface area (Å²) in [4.78, 5) is 19.1. The lowest BCUT2D eigenvalue weighted by Crippen LogP contribution is -2.18. The number of amides is 1.